The lowest BCUT2D eigenvalue weighted by molar-refractivity contribution is -0.0123. The van der Waals surface area contributed by atoms with E-state index in [0.717, 1.165) is 52.5 Å². The Balaban J connectivity index is 1.81. The molecule has 5 heteroatoms. The molecule has 0 aromatic rings. The van der Waals surface area contributed by atoms with Crippen molar-refractivity contribution in [1.82, 2.24) is 15.1 Å². The summed E-state index contributed by atoms with van der Waals surface area (Å²) < 4.78 is 5.53. The van der Waals surface area contributed by atoms with E-state index in [2.05, 4.69) is 22.2 Å². The van der Waals surface area contributed by atoms with Crippen LogP contribution >= 0.6 is 0 Å². The molecular formula is C14H29N3O2. The number of aliphatic hydroxyl groups excluding tert-OH is 1. The van der Waals surface area contributed by atoms with E-state index in [-0.39, 0.29) is 6.61 Å². The molecule has 0 aliphatic carbocycles. The molecule has 0 radical (unpaired) electrons. The first kappa shape index (κ1) is 15.2. The average molecular weight is 271 g/mol. The van der Waals surface area contributed by atoms with E-state index >= 15 is 0 Å². The van der Waals surface area contributed by atoms with Crippen molar-refractivity contribution in [3.63, 3.8) is 0 Å². The molecule has 19 heavy (non-hydrogen) atoms. The van der Waals surface area contributed by atoms with Gasteiger partial charge >= 0.3 is 0 Å². The van der Waals surface area contributed by atoms with Gasteiger partial charge in [0.2, 0.25) is 0 Å². The molecule has 2 aliphatic rings. The summed E-state index contributed by atoms with van der Waals surface area (Å²) in [5.74, 6) is 0. The summed E-state index contributed by atoms with van der Waals surface area (Å²) in [5, 5.41) is 12.4. The second-order valence-electron chi connectivity index (χ2n) is 5.98. The molecule has 2 rings (SSSR count). The predicted octanol–water partition coefficient (Wildman–Crippen LogP) is -0.387. The molecule has 2 heterocycles. The fourth-order valence-corrected chi connectivity index (χ4v) is 3.36. The van der Waals surface area contributed by atoms with Gasteiger partial charge in [0.05, 0.1) is 6.61 Å². The van der Waals surface area contributed by atoms with Crippen LogP contribution < -0.4 is 5.32 Å². The molecule has 0 amide bonds. The summed E-state index contributed by atoms with van der Waals surface area (Å²) >= 11 is 0. The van der Waals surface area contributed by atoms with Gasteiger partial charge < -0.3 is 20.1 Å². The van der Waals surface area contributed by atoms with Gasteiger partial charge in [-0.3, -0.25) is 4.90 Å². The Hall–Kier alpha value is -0.200. The lowest BCUT2D eigenvalue weighted by atomic mass is 9.79. The minimum Gasteiger partial charge on any atom is -0.395 e. The highest BCUT2D eigenvalue weighted by atomic mass is 16.5. The van der Waals surface area contributed by atoms with Crippen LogP contribution in [0.5, 0.6) is 0 Å². The van der Waals surface area contributed by atoms with Gasteiger partial charge in [-0.1, -0.05) is 0 Å². The van der Waals surface area contributed by atoms with Crippen LogP contribution in [0.2, 0.25) is 0 Å². The number of rotatable bonds is 6. The van der Waals surface area contributed by atoms with E-state index in [1.807, 2.05) is 0 Å². The Kier molecular flexibility index (Phi) is 6.04. The lowest BCUT2D eigenvalue weighted by Gasteiger charge is -2.43. The van der Waals surface area contributed by atoms with Crippen LogP contribution in [0.1, 0.15) is 12.8 Å². The first-order valence-electron chi connectivity index (χ1n) is 7.56. The van der Waals surface area contributed by atoms with E-state index in [4.69, 9.17) is 9.84 Å². The van der Waals surface area contributed by atoms with Gasteiger partial charge in [-0.2, -0.15) is 0 Å². The maximum atomic E-state index is 8.98. The number of hydrogen-bond acceptors (Lipinski definition) is 5. The van der Waals surface area contributed by atoms with Crippen molar-refractivity contribution in [2.45, 2.75) is 12.8 Å². The molecule has 2 fully saturated rings. The van der Waals surface area contributed by atoms with Crippen molar-refractivity contribution in [3.05, 3.63) is 0 Å². The Bertz CT molecular complexity index is 244. The zero-order chi connectivity index (χ0) is 13.6. The van der Waals surface area contributed by atoms with Crippen LogP contribution in [0.4, 0.5) is 0 Å². The molecule has 0 unspecified atom stereocenters. The van der Waals surface area contributed by atoms with Gasteiger partial charge in [0, 0.05) is 59.0 Å². The summed E-state index contributed by atoms with van der Waals surface area (Å²) in [7, 11) is 2.05. The number of piperazine rings is 1. The van der Waals surface area contributed by atoms with Crippen LogP contribution in [0.15, 0.2) is 0 Å². The SMILES string of the molecule is CNCC1(CN2CCN(CCO)CC2)CCOCC1. The minimum absolute atomic E-state index is 0.279. The molecule has 2 saturated heterocycles. The first-order chi connectivity index (χ1) is 9.28. The normalized spacial score (nSPS) is 25.6. The van der Waals surface area contributed by atoms with Crippen LogP contribution in [0, 0.1) is 5.41 Å². The van der Waals surface area contributed by atoms with Crippen LogP contribution in [-0.2, 0) is 4.74 Å². The molecule has 0 bridgehead atoms. The molecule has 112 valence electrons. The molecule has 0 aromatic heterocycles. The van der Waals surface area contributed by atoms with Crippen LogP contribution in [0.3, 0.4) is 0 Å². The predicted molar refractivity (Wildman–Crippen MR) is 76.4 cm³/mol. The Morgan fingerprint density at radius 3 is 2.32 bits per heavy atom. The maximum absolute atomic E-state index is 8.98. The van der Waals surface area contributed by atoms with E-state index < -0.39 is 0 Å². The number of aliphatic hydroxyl groups is 1. The molecule has 0 aromatic carbocycles. The van der Waals surface area contributed by atoms with E-state index in [9.17, 15) is 0 Å². The fourth-order valence-electron chi connectivity index (χ4n) is 3.36. The third-order valence-electron chi connectivity index (χ3n) is 4.55. The Morgan fingerprint density at radius 2 is 1.74 bits per heavy atom. The van der Waals surface area contributed by atoms with Crippen molar-refractivity contribution < 1.29 is 9.84 Å². The maximum Gasteiger partial charge on any atom is 0.0558 e. The van der Waals surface area contributed by atoms with Gasteiger partial charge in [0.25, 0.3) is 0 Å². The van der Waals surface area contributed by atoms with Gasteiger partial charge in [0.1, 0.15) is 0 Å². The van der Waals surface area contributed by atoms with Gasteiger partial charge in [-0.05, 0) is 25.3 Å². The summed E-state index contributed by atoms with van der Waals surface area (Å²) in [5.41, 5.74) is 0.395. The highest BCUT2D eigenvalue weighted by Crippen LogP contribution is 2.31. The quantitative estimate of drug-likeness (QED) is 0.689. The molecule has 0 saturated carbocycles. The van der Waals surface area contributed by atoms with Crippen molar-refractivity contribution in [2.24, 2.45) is 5.41 Å². The summed E-state index contributed by atoms with van der Waals surface area (Å²) in [4.78, 5) is 4.95. The van der Waals surface area contributed by atoms with Crippen LogP contribution in [0.25, 0.3) is 0 Å². The number of hydrogen-bond donors (Lipinski definition) is 2. The molecule has 2 aliphatic heterocycles. The Morgan fingerprint density at radius 1 is 1.11 bits per heavy atom. The molecule has 0 spiro atoms. The highest BCUT2D eigenvalue weighted by Gasteiger charge is 2.34. The second-order valence-corrected chi connectivity index (χ2v) is 5.98. The van der Waals surface area contributed by atoms with Gasteiger partial charge in [0.15, 0.2) is 0 Å². The summed E-state index contributed by atoms with van der Waals surface area (Å²) in [6.45, 7) is 9.64. The van der Waals surface area contributed by atoms with Crippen molar-refractivity contribution in [2.75, 3.05) is 72.7 Å². The number of ether oxygens (including phenoxy) is 1. The number of nitrogens with zero attached hydrogens (tertiary/aromatic N) is 2. The molecule has 2 N–H and O–H groups in total. The standard InChI is InChI=1S/C14H29N3O2/c1-15-12-14(2-10-19-11-3-14)13-17-6-4-16(5-7-17)8-9-18/h15,18H,2-13H2,1H3. The van der Waals surface area contributed by atoms with Gasteiger partial charge in [-0.25, -0.2) is 0 Å². The highest BCUT2D eigenvalue weighted by molar-refractivity contribution is 4.88. The topological polar surface area (TPSA) is 48.0 Å². The summed E-state index contributed by atoms with van der Waals surface area (Å²) in [6, 6.07) is 0. The number of nitrogens with one attached hydrogen (secondary N) is 1. The zero-order valence-electron chi connectivity index (χ0n) is 12.2. The fraction of sp³-hybridized carbons (Fsp3) is 1.00. The van der Waals surface area contributed by atoms with Crippen molar-refractivity contribution in [1.29, 1.82) is 0 Å². The van der Waals surface area contributed by atoms with Crippen LogP contribution in [-0.4, -0.2) is 87.6 Å². The number of β-amino-alcohol motifs (C(OH)–C–C–N with tert-alkyl or cyclic N) is 1. The van der Waals surface area contributed by atoms with E-state index in [0.29, 0.717) is 5.41 Å². The van der Waals surface area contributed by atoms with E-state index in [1.165, 1.54) is 19.4 Å². The largest absolute Gasteiger partial charge is 0.395 e. The third kappa shape index (κ3) is 4.39. The smallest absolute Gasteiger partial charge is 0.0558 e. The van der Waals surface area contributed by atoms with Gasteiger partial charge in [-0.15, -0.1) is 0 Å². The third-order valence-corrected chi connectivity index (χ3v) is 4.55. The molecule has 5 nitrogen and oxygen atoms in total. The first-order valence-corrected chi connectivity index (χ1v) is 7.56. The zero-order valence-corrected chi connectivity index (χ0v) is 12.2. The second kappa shape index (κ2) is 7.55. The molecular weight excluding hydrogens is 242 g/mol. The monoisotopic (exact) mass is 271 g/mol. The van der Waals surface area contributed by atoms with Crippen molar-refractivity contribution in [3.8, 4) is 0 Å². The lowest BCUT2D eigenvalue weighted by Crippen LogP contribution is -2.53. The van der Waals surface area contributed by atoms with E-state index in [1.54, 1.807) is 0 Å². The Labute approximate surface area is 116 Å². The molecule has 0 atom stereocenters. The summed E-state index contributed by atoms with van der Waals surface area (Å²) in [6.07, 6.45) is 2.34. The van der Waals surface area contributed by atoms with Crippen molar-refractivity contribution >= 4 is 0 Å². The minimum atomic E-state index is 0.279. The average Bonchev–Trinajstić information content (AvgIpc) is 2.43.